The molecule has 0 heterocycles. The molecular weight excluding hydrogens is 276 g/mol. The molecule has 0 atom stereocenters. The van der Waals surface area contributed by atoms with Gasteiger partial charge in [-0.1, -0.05) is 19.7 Å². The lowest BCUT2D eigenvalue weighted by Crippen LogP contribution is -1.98. The summed E-state index contributed by atoms with van der Waals surface area (Å²) in [6, 6.07) is 0. The topological polar surface area (TPSA) is 78.9 Å². The molecule has 6 nitrogen and oxygen atoms in total. The molecule has 0 N–H and O–H groups in total. The van der Waals surface area contributed by atoms with Gasteiger partial charge in [0.15, 0.2) is 0 Å². The van der Waals surface area contributed by atoms with Crippen LogP contribution in [-0.4, -0.2) is 38.2 Å². The first kappa shape index (κ1) is 23.7. The summed E-state index contributed by atoms with van der Waals surface area (Å²) in [6.45, 7) is 15.7. The van der Waals surface area contributed by atoms with E-state index in [4.69, 9.17) is 0 Å². The monoisotopic (exact) mass is 300 g/mol. The molecule has 0 bridgehead atoms. The molecule has 0 unspecified atom stereocenters. The van der Waals surface area contributed by atoms with E-state index in [1.165, 1.54) is 7.11 Å². The number of carbonyl (C=O) groups is 3. The first-order valence-electron chi connectivity index (χ1n) is 6.12. The normalized spacial score (nSPS) is 7.62. The molecule has 0 aliphatic heterocycles. The summed E-state index contributed by atoms with van der Waals surface area (Å²) in [5.74, 6) is -1.06. The van der Waals surface area contributed by atoms with Crippen LogP contribution in [-0.2, 0) is 28.6 Å². The Labute approximate surface area is 126 Å². The van der Waals surface area contributed by atoms with Crippen molar-refractivity contribution in [1.82, 2.24) is 0 Å². The molecule has 0 aromatic rings. The van der Waals surface area contributed by atoms with Crippen molar-refractivity contribution in [3.8, 4) is 0 Å². The standard InChI is InChI=1S/3C5H8O2/c1-4(2)5(6)7-3;2*1-3-5(6)7-4-2/h1H2,2-3H3;2*3H,1,4H2,2H3. The van der Waals surface area contributed by atoms with Crippen molar-refractivity contribution in [1.29, 1.82) is 0 Å². The average molecular weight is 300 g/mol. The van der Waals surface area contributed by atoms with Crippen molar-refractivity contribution in [3.63, 3.8) is 0 Å². The highest BCUT2D eigenvalue weighted by Gasteiger charge is 1.95. The Morgan fingerprint density at radius 2 is 1.29 bits per heavy atom. The number of hydrogen-bond acceptors (Lipinski definition) is 6. The highest BCUT2D eigenvalue weighted by atomic mass is 16.5. The fourth-order valence-corrected chi connectivity index (χ4v) is 0.577. The molecule has 0 saturated heterocycles. The lowest BCUT2D eigenvalue weighted by Gasteiger charge is -1.91. The van der Waals surface area contributed by atoms with Gasteiger partial charge in [-0.25, -0.2) is 14.4 Å². The van der Waals surface area contributed by atoms with E-state index in [-0.39, 0.29) is 17.9 Å². The molecule has 21 heavy (non-hydrogen) atoms. The summed E-state index contributed by atoms with van der Waals surface area (Å²) >= 11 is 0. The van der Waals surface area contributed by atoms with Crippen molar-refractivity contribution < 1.29 is 28.6 Å². The van der Waals surface area contributed by atoms with E-state index in [0.717, 1.165) is 12.2 Å². The van der Waals surface area contributed by atoms with Crippen LogP contribution in [0.5, 0.6) is 0 Å². The molecule has 0 radical (unpaired) electrons. The van der Waals surface area contributed by atoms with Gasteiger partial charge in [0.05, 0.1) is 20.3 Å². The van der Waals surface area contributed by atoms with Crippen LogP contribution in [0.1, 0.15) is 20.8 Å². The average Bonchev–Trinajstić information content (AvgIpc) is 2.47. The Kier molecular flexibility index (Phi) is 19.9. The number of methoxy groups -OCH3 is 1. The van der Waals surface area contributed by atoms with E-state index in [1.54, 1.807) is 20.8 Å². The van der Waals surface area contributed by atoms with Crippen molar-refractivity contribution >= 4 is 17.9 Å². The van der Waals surface area contributed by atoms with Gasteiger partial charge in [0.1, 0.15) is 0 Å². The molecule has 6 heteroatoms. The van der Waals surface area contributed by atoms with E-state index < -0.39 is 0 Å². The van der Waals surface area contributed by atoms with Crippen LogP contribution in [0.25, 0.3) is 0 Å². The maximum Gasteiger partial charge on any atom is 0.332 e. The summed E-state index contributed by atoms with van der Waals surface area (Å²) in [6.07, 6.45) is 2.28. The van der Waals surface area contributed by atoms with E-state index in [1.807, 2.05) is 0 Å². The zero-order valence-corrected chi connectivity index (χ0v) is 13.1. The van der Waals surface area contributed by atoms with Crippen molar-refractivity contribution in [3.05, 3.63) is 37.5 Å². The third kappa shape index (κ3) is 23.2. The first-order chi connectivity index (χ1) is 9.80. The summed E-state index contributed by atoms with van der Waals surface area (Å²) in [5.41, 5.74) is 0.433. The van der Waals surface area contributed by atoms with Crippen LogP contribution in [0.4, 0.5) is 0 Å². The first-order valence-corrected chi connectivity index (χ1v) is 6.12. The summed E-state index contributed by atoms with van der Waals surface area (Å²) in [4.78, 5) is 30.3. The summed E-state index contributed by atoms with van der Waals surface area (Å²) in [7, 11) is 1.33. The lowest BCUT2D eigenvalue weighted by atomic mass is 10.4. The Bertz CT molecular complexity index is 332. The Morgan fingerprint density at radius 1 is 0.952 bits per heavy atom. The van der Waals surface area contributed by atoms with Gasteiger partial charge in [0.2, 0.25) is 0 Å². The smallest absolute Gasteiger partial charge is 0.332 e. The summed E-state index contributed by atoms with van der Waals surface area (Å²) < 4.78 is 13.1. The predicted octanol–water partition coefficient (Wildman–Crippen LogP) is 2.21. The number of esters is 3. The highest BCUT2D eigenvalue weighted by molar-refractivity contribution is 5.86. The van der Waals surface area contributed by atoms with Crippen LogP contribution in [0, 0.1) is 0 Å². The molecular formula is C15H24O6. The quantitative estimate of drug-likeness (QED) is 0.440. The number of carbonyl (C=O) groups excluding carboxylic acids is 3. The highest BCUT2D eigenvalue weighted by Crippen LogP contribution is 1.87. The Hall–Kier alpha value is -2.37. The fourth-order valence-electron chi connectivity index (χ4n) is 0.577. The third-order valence-corrected chi connectivity index (χ3v) is 1.44. The summed E-state index contributed by atoms with van der Waals surface area (Å²) in [5, 5.41) is 0. The van der Waals surface area contributed by atoms with Gasteiger partial charge in [0.25, 0.3) is 0 Å². The largest absolute Gasteiger partial charge is 0.466 e. The molecule has 0 saturated carbocycles. The molecule has 120 valence electrons. The molecule has 0 fully saturated rings. The van der Waals surface area contributed by atoms with Gasteiger partial charge in [-0.15, -0.1) is 0 Å². The molecule has 0 aliphatic carbocycles. The fraction of sp³-hybridized carbons (Fsp3) is 0.400. The van der Waals surface area contributed by atoms with E-state index in [0.29, 0.717) is 18.8 Å². The SMILES string of the molecule is C=C(C)C(=O)OC.C=CC(=O)OCC.C=CC(=O)OCC. The maximum absolute atomic E-state index is 10.2. The predicted molar refractivity (Wildman–Crippen MR) is 80.5 cm³/mol. The van der Waals surface area contributed by atoms with Crippen LogP contribution in [0.2, 0.25) is 0 Å². The molecule has 0 amide bonds. The molecule has 0 spiro atoms. The second-order valence-corrected chi connectivity index (χ2v) is 3.18. The number of hydrogen-bond donors (Lipinski definition) is 0. The van der Waals surface area contributed by atoms with Gasteiger partial charge in [0, 0.05) is 17.7 Å². The number of ether oxygens (including phenoxy) is 3. The lowest BCUT2D eigenvalue weighted by molar-refractivity contribution is -0.138. The van der Waals surface area contributed by atoms with Crippen LogP contribution < -0.4 is 0 Å². The molecule has 0 aliphatic rings. The van der Waals surface area contributed by atoms with Gasteiger partial charge in [-0.3, -0.25) is 0 Å². The zero-order valence-electron chi connectivity index (χ0n) is 13.1. The van der Waals surface area contributed by atoms with Gasteiger partial charge >= 0.3 is 17.9 Å². The minimum absolute atomic E-state index is 0.347. The van der Waals surface area contributed by atoms with Gasteiger partial charge in [-0.2, -0.15) is 0 Å². The van der Waals surface area contributed by atoms with Crippen LogP contribution in [0.15, 0.2) is 37.5 Å². The molecule has 0 aromatic carbocycles. The molecule has 0 rings (SSSR count). The van der Waals surface area contributed by atoms with Crippen LogP contribution in [0.3, 0.4) is 0 Å². The minimum Gasteiger partial charge on any atom is -0.466 e. The second kappa shape index (κ2) is 17.6. The third-order valence-electron chi connectivity index (χ3n) is 1.44. The van der Waals surface area contributed by atoms with Gasteiger partial charge < -0.3 is 14.2 Å². The number of rotatable bonds is 5. The second-order valence-electron chi connectivity index (χ2n) is 3.18. The van der Waals surface area contributed by atoms with Crippen LogP contribution >= 0.6 is 0 Å². The Morgan fingerprint density at radius 3 is 1.33 bits per heavy atom. The maximum atomic E-state index is 10.2. The van der Waals surface area contributed by atoms with Gasteiger partial charge in [-0.05, 0) is 20.8 Å². The van der Waals surface area contributed by atoms with Crippen molar-refractivity contribution in [2.75, 3.05) is 20.3 Å². The van der Waals surface area contributed by atoms with E-state index in [9.17, 15) is 14.4 Å². The van der Waals surface area contributed by atoms with E-state index in [2.05, 4.69) is 33.9 Å². The van der Waals surface area contributed by atoms with E-state index >= 15 is 0 Å². The molecule has 0 aromatic heterocycles. The minimum atomic E-state index is -0.359. The Balaban J connectivity index is -0.000000231. The zero-order chi connectivity index (χ0) is 17.3. The van der Waals surface area contributed by atoms with Crippen molar-refractivity contribution in [2.24, 2.45) is 0 Å². The van der Waals surface area contributed by atoms with Crippen molar-refractivity contribution in [2.45, 2.75) is 20.8 Å².